The fraction of sp³-hybridized carbons (Fsp3) is 0.333. The molecular weight excluding hydrogens is 390 g/mol. The van der Waals surface area contributed by atoms with Crippen molar-refractivity contribution in [3.63, 3.8) is 0 Å². The minimum Gasteiger partial charge on any atom is -0.469 e. The number of hydrogen-bond donors (Lipinski definition) is 0. The van der Waals surface area contributed by atoms with Crippen LogP contribution in [-0.2, 0) is 23.8 Å². The van der Waals surface area contributed by atoms with Gasteiger partial charge in [-0.15, -0.1) is 0 Å². The first-order valence-corrected chi connectivity index (χ1v) is 9.43. The van der Waals surface area contributed by atoms with Crippen LogP contribution in [0, 0.1) is 5.92 Å². The van der Waals surface area contributed by atoms with Crippen LogP contribution in [-0.4, -0.2) is 59.9 Å². The molecule has 1 aromatic carbocycles. The van der Waals surface area contributed by atoms with Gasteiger partial charge in [0.25, 0.3) is 0 Å². The van der Waals surface area contributed by atoms with E-state index in [2.05, 4.69) is 4.98 Å². The highest BCUT2D eigenvalue weighted by atomic mass is 16.6. The molecule has 4 rings (SSSR count). The maximum absolute atomic E-state index is 12.9. The lowest BCUT2D eigenvalue weighted by molar-refractivity contribution is -0.159. The van der Waals surface area contributed by atoms with Crippen molar-refractivity contribution in [1.29, 1.82) is 0 Å². The zero-order valence-electron chi connectivity index (χ0n) is 16.5. The summed E-state index contributed by atoms with van der Waals surface area (Å²) in [7, 11) is 2.46. The molecule has 0 radical (unpaired) electrons. The standard InChI is InChI=1S/C21H21N3O6/c1-28-19(25)16-17(14-9-6-10-22-11-14)23-15(13-7-4-3-5-8-13)12-30-21(27)24(23)18(16)20(26)29-2/h3-11,15-18H,12H2,1-2H3/t15-,16-,17-,18+/m0/s1. The van der Waals surface area contributed by atoms with E-state index in [0.717, 1.165) is 5.56 Å². The maximum Gasteiger partial charge on any atom is 0.425 e. The topological polar surface area (TPSA) is 98.3 Å². The Bertz CT molecular complexity index is 938. The molecule has 0 aliphatic carbocycles. The molecule has 3 heterocycles. The lowest BCUT2D eigenvalue weighted by atomic mass is 9.88. The number of ether oxygens (including phenoxy) is 3. The number of hydrogen-bond acceptors (Lipinski definition) is 8. The summed E-state index contributed by atoms with van der Waals surface area (Å²) in [5.41, 5.74) is 1.54. The molecule has 0 saturated carbocycles. The lowest BCUT2D eigenvalue weighted by Gasteiger charge is -2.42. The molecule has 1 amide bonds. The third kappa shape index (κ3) is 3.17. The minimum atomic E-state index is -1.23. The van der Waals surface area contributed by atoms with Crippen molar-refractivity contribution in [3.05, 3.63) is 66.0 Å². The molecule has 0 N–H and O–H groups in total. The second-order valence-electron chi connectivity index (χ2n) is 6.98. The SMILES string of the molecule is COC(=O)[C@@H]1[C@H](C(=O)OC)N2C(=O)OC[C@@H](c3ccccc3)N2[C@H]1c1cccnc1. The number of nitrogens with zero attached hydrogens (tertiary/aromatic N) is 3. The van der Waals surface area contributed by atoms with Crippen molar-refractivity contribution in [3.8, 4) is 0 Å². The number of rotatable bonds is 4. The number of amides is 1. The Morgan fingerprint density at radius 2 is 1.73 bits per heavy atom. The van der Waals surface area contributed by atoms with E-state index in [-0.39, 0.29) is 6.61 Å². The van der Waals surface area contributed by atoms with E-state index in [0.29, 0.717) is 5.56 Å². The Morgan fingerprint density at radius 1 is 1.03 bits per heavy atom. The summed E-state index contributed by atoms with van der Waals surface area (Å²) >= 11 is 0. The van der Waals surface area contributed by atoms with Crippen LogP contribution >= 0.6 is 0 Å². The molecule has 1 aromatic heterocycles. The van der Waals surface area contributed by atoms with E-state index in [1.807, 2.05) is 30.3 Å². The summed E-state index contributed by atoms with van der Waals surface area (Å²) in [6, 6.07) is 10.6. The van der Waals surface area contributed by atoms with Gasteiger partial charge in [0.1, 0.15) is 12.5 Å². The predicted molar refractivity (Wildman–Crippen MR) is 102 cm³/mol. The largest absolute Gasteiger partial charge is 0.469 e. The molecule has 9 nitrogen and oxygen atoms in total. The summed E-state index contributed by atoms with van der Waals surface area (Å²) < 4.78 is 15.4. The van der Waals surface area contributed by atoms with Crippen LogP contribution in [0.5, 0.6) is 0 Å². The van der Waals surface area contributed by atoms with Gasteiger partial charge in [0, 0.05) is 12.4 Å². The number of cyclic esters (lactones) is 1. The summed E-state index contributed by atoms with van der Waals surface area (Å²) in [5, 5.41) is 2.91. The Kier molecular flexibility index (Phi) is 5.37. The number of esters is 2. The molecule has 0 unspecified atom stereocenters. The van der Waals surface area contributed by atoms with Crippen LogP contribution in [0.4, 0.5) is 4.79 Å². The Morgan fingerprint density at radius 3 is 2.37 bits per heavy atom. The van der Waals surface area contributed by atoms with Crippen molar-refractivity contribution < 1.29 is 28.6 Å². The maximum atomic E-state index is 12.9. The van der Waals surface area contributed by atoms with Crippen molar-refractivity contribution in [2.45, 2.75) is 18.1 Å². The normalized spacial score (nSPS) is 25.9. The number of carbonyl (C=O) groups excluding carboxylic acids is 3. The molecule has 2 aliphatic heterocycles. The van der Waals surface area contributed by atoms with E-state index in [4.69, 9.17) is 14.2 Å². The first-order valence-electron chi connectivity index (χ1n) is 9.43. The highest BCUT2D eigenvalue weighted by Crippen LogP contribution is 2.48. The lowest BCUT2D eigenvalue weighted by Crippen LogP contribution is -2.55. The molecule has 2 saturated heterocycles. The number of fused-ring (bicyclic) bond motifs is 1. The van der Waals surface area contributed by atoms with Crippen molar-refractivity contribution >= 4 is 18.0 Å². The zero-order chi connectivity index (χ0) is 21.3. The predicted octanol–water partition coefficient (Wildman–Crippen LogP) is 1.88. The molecule has 4 atom stereocenters. The second-order valence-corrected chi connectivity index (χ2v) is 6.98. The van der Waals surface area contributed by atoms with Crippen molar-refractivity contribution in [2.75, 3.05) is 20.8 Å². The van der Waals surface area contributed by atoms with Gasteiger partial charge in [-0.2, -0.15) is 5.01 Å². The number of pyridine rings is 1. The minimum absolute atomic E-state index is 0.0674. The molecule has 0 bridgehead atoms. The first-order chi connectivity index (χ1) is 14.6. The van der Waals surface area contributed by atoms with Gasteiger partial charge in [0.15, 0.2) is 6.04 Å². The van der Waals surface area contributed by atoms with E-state index in [1.54, 1.807) is 29.5 Å². The third-order valence-electron chi connectivity index (χ3n) is 5.47. The highest BCUT2D eigenvalue weighted by Gasteiger charge is 2.61. The van der Waals surface area contributed by atoms with Crippen molar-refractivity contribution in [2.24, 2.45) is 5.92 Å². The average molecular weight is 411 g/mol. The zero-order valence-corrected chi connectivity index (χ0v) is 16.5. The molecule has 0 spiro atoms. The number of methoxy groups -OCH3 is 2. The number of aromatic nitrogens is 1. The van der Waals surface area contributed by atoms with Gasteiger partial charge in [-0.3, -0.25) is 9.78 Å². The quantitative estimate of drug-likeness (QED) is 0.556. The summed E-state index contributed by atoms with van der Waals surface area (Å²) in [6.45, 7) is 0.0674. The van der Waals surface area contributed by atoms with Gasteiger partial charge >= 0.3 is 18.0 Å². The third-order valence-corrected chi connectivity index (χ3v) is 5.47. The van der Waals surface area contributed by atoms with E-state index >= 15 is 0 Å². The Hall–Kier alpha value is -3.46. The number of benzene rings is 1. The van der Waals surface area contributed by atoms with Crippen LogP contribution in [0.2, 0.25) is 0 Å². The number of hydrazine groups is 1. The Balaban J connectivity index is 1.91. The molecule has 156 valence electrons. The monoisotopic (exact) mass is 411 g/mol. The van der Waals surface area contributed by atoms with E-state index < -0.39 is 42.1 Å². The van der Waals surface area contributed by atoms with Crippen LogP contribution in [0.1, 0.15) is 23.2 Å². The van der Waals surface area contributed by atoms with E-state index in [9.17, 15) is 14.4 Å². The highest BCUT2D eigenvalue weighted by molar-refractivity contribution is 5.89. The van der Waals surface area contributed by atoms with E-state index in [1.165, 1.54) is 19.2 Å². The van der Waals surface area contributed by atoms with Gasteiger partial charge < -0.3 is 14.2 Å². The molecule has 30 heavy (non-hydrogen) atoms. The van der Waals surface area contributed by atoms with Crippen LogP contribution in [0.15, 0.2) is 54.9 Å². The first kappa shape index (κ1) is 19.8. The summed E-state index contributed by atoms with van der Waals surface area (Å²) in [6.07, 6.45) is 2.50. The second kappa shape index (κ2) is 8.11. The van der Waals surface area contributed by atoms with Gasteiger partial charge in [-0.1, -0.05) is 36.4 Å². The molecular formula is C21H21N3O6. The smallest absolute Gasteiger partial charge is 0.425 e. The van der Waals surface area contributed by atoms with Crippen molar-refractivity contribution in [1.82, 2.24) is 15.0 Å². The molecule has 2 aliphatic rings. The van der Waals surface area contributed by atoms with Gasteiger partial charge in [0.2, 0.25) is 0 Å². The summed E-state index contributed by atoms with van der Waals surface area (Å²) in [4.78, 5) is 42.6. The fourth-order valence-corrected chi connectivity index (χ4v) is 4.21. The fourth-order valence-electron chi connectivity index (χ4n) is 4.21. The summed E-state index contributed by atoms with van der Waals surface area (Å²) in [5.74, 6) is -2.38. The Labute approximate surface area is 173 Å². The molecule has 2 aromatic rings. The average Bonchev–Trinajstić information content (AvgIpc) is 3.16. The molecule has 2 fully saturated rings. The van der Waals surface area contributed by atoms with Gasteiger partial charge in [-0.25, -0.2) is 14.6 Å². The van der Waals surface area contributed by atoms with Crippen LogP contribution in [0.25, 0.3) is 0 Å². The molecule has 9 heteroatoms. The van der Waals surface area contributed by atoms with Crippen LogP contribution in [0.3, 0.4) is 0 Å². The van der Waals surface area contributed by atoms with Crippen LogP contribution < -0.4 is 0 Å². The van der Waals surface area contributed by atoms with Gasteiger partial charge in [-0.05, 0) is 17.2 Å². The van der Waals surface area contributed by atoms with Gasteiger partial charge in [0.05, 0.1) is 26.3 Å². The number of carbonyl (C=O) groups is 3.